The maximum atomic E-state index is 12.1. The molecular formula is C15H22N2O5S. The molecule has 2 N–H and O–H groups in total. The average molecular weight is 342 g/mol. The van der Waals surface area contributed by atoms with Crippen LogP contribution >= 0.6 is 0 Å². The third kappa shape index (κ3) is 7.25. The Kier molecular flexibility index (Phi) is 7.70. The van der Waals surface area contributed by atoms with Gasteiger partial charge in [-0.05, 0) is 37.1 Å². The van der Waals surface area contributed by atoms with Crippen LogP contribution < -0.4 is 10.0 Å². The Hall–Kier alpha value is -1.93. The largest absolute Gasteiger partial charge is 0.469 e. The molecule has 0 aliphatic rings. The number of nitrogens with one attached hydrogen (secondary N) is 2. The van der Waals surface area contributed by atoms with Crippen molar-refractivity contribution in [2.24, 2.45) is 0 Å². The molecule has 0 aliphatic carbocycles. The predicted molar refractivity (Wildman–Crippen MR) is 86.4 cm³/mol. The highest BCUT2D eigenvalue weighted by atomic mass is 32.2. The summed E-state index contributed by atoms with van der Waals surface area (Å²) in [4.78, 5) is 22.0. The molecule has 0 fully saturated rings. The van der Waals surface area contributed by atoms with E-state index in [0.29, 0.717) is 31.5 Å². The summed E-state index contributed by atoms with van der Waals surface area (Å²) in [6, 6.07) is 5.94. The second-order valence-electron chi connectivity index (χ2n) is 4.99. The average Bonchev–Trinajstić information content (AvgIpc) is 2.50. The minimum absolute atomic E-state index is 0.140. The second-order valence-corrected chi connectivity index (χ2v) is 6.76. The van der Waals surface area contributed by atoms with Gasteiger partial charge in [-0.15, -0.1) is 0 Å². The predicted octanol–water partition coefficient (Wildman–Crippen LogP) is 1.66. The van der Waals surface area contributed by atoms with Gasteiger partial charge in [-0.2, -0.15) is 0 Å². The van der Waals surface area contributed by atoms with Gasteiger partial charge in [0.2, 0.25) is 15.9 Å². The number of methoxy groups -OCH3 is 1. The van der Waals surface area contributed by atoms with Crippen molar-refractivity contribution in [1.29, 1.82) is 0 Å². The molecule has 1 aromatic rings. The van der Waals surface area contributed by atoms with Crippen molar-refractivity contribution < 1.29 is 22.7 Å². The number of benzene rings is 1. The van der Waals surface area contributed by atoms with Crippen LogP contribution in [0, 0.1) is 0 Å². The molecule has 128 valence electrons. The molecular weight excluding hydrogens is 320 g/mol. The molecule has 0 saturated heterocycles. The fourth-order valence-electron chi connectivity index (χ4n) is 1.88. The van der Waals surface area contributed by atoms with Crippen LogP contribution in [-0.2, 0) is 24.3 Å². The minimum atomic E-state index is -3.57. The lowest BCUT2D eigenvalue weighted by Crippen LogP contribution is -2.24. The summed E-state index contributed by atoms with van der Waals surface area (Å²) >= 11 is 0. The van der Waals surface area contributed by atoms with Crippen LogP contribution in [-0.4, -0.2) is 33.9 Å². The number of esters is 1. The SMILES string of the molecule is COC(=O)CCCCCNS(=O)(=O)c1ccc(NC(C)=O)cc1. The summed E-state index contributed by atoms with van der Waals surface area (Å²) in [6.07, 6.45) is 2.38. The van der Waals surface area contributed by atoms with E-state index < -0.39 is 10.0 Å². The summed E-state index contributed by atoms with van der Waals surface area (Å²) in [5.41, 5.74) is 0.541. The number of anilines is 1. The van der Waals surface area contributed by atoms with E-state index in [1.54, 1.807) is 0 Å². The normalized spacial score (nSPS) is 11.0. The lowest BCUT2D eigenvalue weighted by Gasteiger charge is -2.08. The van der Waals surface area contributed by atoms with Crippen LogP contribution in [0.25, 0.3) is 0 Å². The van der Waals surface area contributed by atoms with Gasteiger partial charge < -0.3 is 10.1 Å². The third-order valence-corrected chi connectivity index (χ3v) is 4.54. The van der Waals surface area contributed by atoms with Crippen molar-refractivity contribution in [3.63, 3.8) is 0 Å². The standard InChI is InChI=1S/C15H22N2O5S/c1-12(18)17-13-7-9-14(10-8-13)23(20,21)16-11-5-3-4-6-15(19)22-2/h7-10,16H,3-6,11H2,1-2H3,(H,17,18). The Bertz CT molecular complexity index is 626. The highest BCUT2D eigenvalue weighted by molar-refractivity contribution is 7.89. The van der Waals surface area contributed by atoms with Gasteiger partial charge in [0.15, 0.2) is 0 Å². The number of amides is 1. The zero-order valence-electron chi connectivity index (χ0n) is 13.3. The quantitative estimate of drug-likeness (QED) is 0.525. The fraction of sp³-hybridized carbons (Fsp3) is 0.467. The lowest BCUT2D eigenvalue weighted by atomic mass is 10.2. The number of carbonyl (C=O) groups excluding carboxylic acids is 2. The van der Waals surface area contributed by atoms with E-state index in [9.17, 15) is 18.0 Å². The molecule has 0 radical (unpaired) electrons. The van der Waals surface area contributed by atoms with Gasteiger partial charge in [-0.3, -0.25) is 9.59 Å². The Morgan fingerprint density at radius 3 is 2.30 bits per heavy atom. The van der Waals surface area contributed by atoms with Crippen LogP contribution in [0.2, 0.25) is 0 Å². The van der Waals surface area contributed by atoms with Crippen molar-refractivity contribution >= 4 is 27.6 Å². The van der Waals surface area contributed by atoms with E-state index in [-0.39, 0.29) is 16.8 Å². The van der Waals surface area contributed by atoms with Crippen molar-refractivity contribution in [2.75, 3.05) is 19.0 Å². The first-order valence-corrected chi connectivity index (χ1v) is 8.77. The monoisotopic (exact) mass is 342 g/mol. The Balaban J connectivity index is 2.40. The number of rotatable bonds is 9. The van der Waals surface area contributed by atoms with Crippen LogP contribution in [0.5, 0.6) is 0 Å². The van der Waals surface area contributed by atoms with Crippen LogP contribution in [0.3, 0.4) is 0 Å². The maximum Gasteiger partial charge on any atom is 0.305 e. The fourth-order valence-corrected chi connectivity index (χ4v) is 2.96. The van der Waals surface area contributed by atoms with Gasteiger partial charge in [0, 0.05) is 25.6 Å². The molecule has 0 bridgehead atoms. The molecule has 0 aromatic heterocycles. The van der Waals surface area contributed by atoms with Gasteiger partial charge in [0.25, 0.3) is 0 Å². The molecule has 0 atom stereocenters. The molecule has 0 aliphatic heterocycles. The van der Waals surface area contributed by atoms with Crippen LogP contribution in [0.1, 0.15) is 32.6 Å². The highest BCUT2D eigenvalue weighted by Gasteiger charge is 2.13. The number of hydrogen-bond donors (Lipinski definition) is 2. The Labute approximate surface area is 136 Å². The van der Waals surface area contributed by atoms with Gasteiger partial charge in [-0.1, -0.05) is 6.42 Å². The summed E-state index contributed by atoms with van der Waals surface area (Å²) in [6.45, 7) is 1.68. The van der Waals surface area contributed by atoms with Crippen molar-refractivity contribution in [2.45, 2.75) is 37.5 Å². The Morgan fingerprint density at radius 2 is 1.74 bits per heavy atom. The molecule has 0 heterocycles. The first kappa shape index (κ1) is 19.1. The Morgan fingerprint density at radius 1 is 1.09 bits per heavy atom. The van der Waals surface area contributed by atoms with E-state index in [4.69, 9.17) is 0 Å². The molecule has 0 unspecified atom stereocenters. The molecule has 0 spiro atoms. The van der Waals surface area contributed by atoms with Gasteiger partial charge >= 0.3 is 5.97 Å². The molecule has 1 rings (SSSR count). The number of unbranched alkanes of at least 4 members (excludes halogenated alkanes) is 2. The molecule has 1 amide bonds. The van der Waals surface area contributed by atoms with Crippen LogP contribution in [0.15, 0.2) is 29.2 Å². The summed E-state index contributed by atoms with van der Waals surface area (Å²) in [7, 11) is -2.23. The first-order valence-electron chi connectivity index (χ1n) is 7.29. The molecule has 7 nitrogen and oxygen atoms in total. The summed E-state index contributed by atoms with van der Waals surface area (Å²) < 4.78 is 31.2. The maximum absolute atomic E-state index is 12.1. The van der Waals surface area contributed by atoms with Gasteiger partial charge in [0.1, 0.15) is 0 Å². The number of ether oxygens (including phenoxy) is 1. The lowest BCUT2D eigenvalue weighted by molar-refractivity contribution is -0.140. The number of carbonyl (C=O) groups is 2. The van der Waals surface area contributed by atoms with Crippen molar-refractivity contribution in [1.82, 2.24) is 4.72 Å². The zero-order valence-corrected chi connectivity index (χ0v) is 14.1. The number of sulfonamides is 1. The first-order chi connectivity index (χ1) is 10.8. The smallest absolute Gasteiger partial charge is 0.305 e. The topological polar surface area (TPSA) is 102 Å². The molecule has 0 saturated carbocycles. The van der Waals surface area contributed by atoms with E-state index in [2.05, 4.69) is 14.8 Å². The molecule has 8 heteroatoms. The summed E-state index contributed by atoms with van der Waals surface area (Å²) in [5, 5.41) is 2.57. The third-order valence-electron chi connectivity index (χ3n) is 3.06. The summed E-state index contributed by atoms with van der Waals surface area (Å²) in [5.74, 6) is -0.476. The van der Waals surface area contributed by atoms with Gasteiger partial charge in [0.05, 0.1) is 12.0 Å². The highest BCUT2D eigenvalue weighted by Crippen LogP contribution is 2.14. The van der Waals surface area contributed by atoms with E-state index in [0.717, 1.165) is 6.42 Å². The zero-order chi connectivity index (χ0) is 17.3. The van der Waals surface area contributed by atoms with Gasteiger partial charge in [-0.25, -0.2) is 13.1 Å². The second kappa shape index (κ2) is 9.26. The van der Waals surface area contributed by atoms with E-state index in [1.165, 1.54) is 38.3 Å². The van der Waals surface area contributed by atoms with E-state index >= 15 is 0 Å². The minimum Gasteiger partial charge on any atom is -0.469 e. The van der Waals surface area contributed by atoms with Crippen LogP contribution in [0.4, 0.5) is 5.69 Å². The number of hydrogen-bond acceptors (Lipinski definition) is 5. The van der Waals surface area contributed by atoms with Crippen molar-refractivity contribution in [3.05, 3.63) is 24.3 Å². The molecule has 1 aromatic carbocycles. The molecule has 23 heavy (non-hydrogen) atoms. The van der Waals surface area contributed by atoms with Crippen molar-refractivity contribution in [3.8, 4) is 0 Å². The van der Waals surface area contributed by atoms with E-state index in [1.807, 2.05) is 0 Å².